The molecule has 74 valence electrons. The van der Waals surface area contributed by atoms with E-state index in [1.165, 1.54) is 0 Å². The third-order valence-corrected chi connectivity index (χ3v) is 2.08. The van der Waals surface area contributed by atoms with E-state index in [1.807, 2.05) is 0 Å². The fraction of sp³-hybridized carbons (Fsp3) is 1.00. The Balaban J connectivity index is 4.95. The van der Waals surface area contributed by atoms with Crippen molar-refractivity contribution >= 4 is 11.6 Å². The van der Waals surface area contributed by atoms with Crippen molar-refractivity contribution < 1.29 is 26.3 Å². The summed E-state index contributed by atoms with van der Waals surface area (Å²) in [5.74, 6) is 0. The van der Waals surface area contributed by atoms with Gasteiger partial charge in [0.15, 0.2) is 0 Å². The maximum Gasteiger partial charge on any atom is 0.416 e. The molecule has 0 bridgehead atoms. The summed E-state index contributed by atoms with van der Waals surface area (Å²) in [5.41, 5.74) is 0. The van der Waals surface area contributed by atoms with Crippen molar-refractivity contribution in [3.8, 4) is 0 Å². The molecule has 0 aliphatic rings. The number of halogens is 7. The van der Waals surface area contributed by atoms with Gasteiger partial charge in [-0.3, -0.25) is 0 Å². The molecule has 0 aromatic heterocycles. The van der Waals surface area contributed by atoms with Crippen LogP contribution in [-0.4, -0.2) is 17.2 Å². The molecule has 0 aliphatic heterocycles. The highest BCUT2D eigenvalue weighted by molar-refractivity contribution is 6.25. The van der Waals surface area contributed by atoms with Crippen LogP contribution >= 0.6 is 11.6 Å². The van der Waals surface area contributed by atoms with Crippen molar-refractivity contribution in [1.82, 2.24) is 0 Å². The Morgan fingerprint density at radius 2 is 1.17 bits per heavy atom. The average molecular weight is 215 g/mol. The van der Waals surface area contributed by atoms with Crippen LogP contribution in [-0.2, 0) is 0 Å². The second kappa shape index (κ2) is 2.97. The van der Waals surface area contributed by atoms with Gasteiger partial charge >= 0.3 is 12.4 Å². The van der Waals surface area contributed by atoms with Crippen molar-refractivity contribution in [2.24, 2.45) is 0 Å². The van der Waals surface area contributed by atoms with E-state index >= 15 is 0 Å². The molecule has 0 aliphatic carbocycles. The molecule has 0 nitrogen and oxygen atoms in total. The summed E-state index contributed by atoms with van der Waals surface area (Å²) in [7, 11) is 0. The van der Waals surface area contributed by atoms with E-state index in [9.17, 15) is 26.3 Å². The van der Waals surface area contributed by atoms with Crippen molar-refractivity contribution in [3.05, 3.63) is 0 Å². The normalized spacial score (nSPS) is 15.0. The quantitative estimate of drug-likeness (QED) is 0.463. The summed E-state index contributed by atoms with van der Waals surface area (Å²) in [6, 6.07) is 0. The van der Waals surface area contributed by atoms with Gasteiger partial charge in [0.25, 0.3) is 0 Å². The first kappa shape index (κ1) is 11.9. The molecule has 0 saturated carbocycles. The highest BCUT2D eigenvalue weighted by atomic mass is 35.5. The van der Waals surface area contributed by atoms with E-state index < -0.39 is 23.6 Å². The molecular formula is C5H5ClF6. The molecule has 7 heteroatoms. The maximum atomic E-state index is 11.7. The fourth-order valence-corrected chi connectivity index (χ4v) is 0.562. The third kappa shape index (κ3) is 1.78. The van der Waals surface area contributed by atoms with E-state index in [4.69, 9.17) is 0 Å². The van der Waals surface area contributed by atoms with Crippen LogP contribution in [0.15, 0.2) is 0 Å². The molecule has 12 heavy (non-hydrogen) atoms. The highest BCUT2D eigenvalue weighted by Gasteiger charge is 2.68. The number of hydrogen-bond donors (Lipinski definition) is 0. The molecule has 0 rings (SSSR count). The van der Waals surface area contributed by atoms with Crippen LogP contribution < -0.4 is 0 Å². The van der Waals surface area contributed by atoms with Crippen molar-refractivity contribution in [2.45, 2.75) is 30.6 Å². The molecule has 0 heterocycles. The van der Waals surface area contributed by atoms with Gasteiger partial charge < -0.3 is 0 Å². The number of alkyl halides is 7. The molecule has 0 unspecified atom stereocenters. The lowest BCUT2D eigenvalue weighted by Gasteiger charge is -2.30. The Hall–Kier alpha value is -0.130. The molecule has 0 aromatic carbocycles. The minimum absolute atomic E-state index is 0.730. The predicted molar refractivity (Wildman–Crippen MR) is 31.0 cm³/mol. The average Bonchev–Trinajstić information content (AvgIpc) is 1.81. The fourth-order valence-electron chi connectivity index (χ4n) is 0.562. The van der Waals surface area contributed by atoms with Crippen molar-refractivity contribution in [1.29, 1.82) is 0 Å². The predicted octanol–water partition coefficient (Wildman–Crippen LogP) is 3.50. The van der Waals surface area contributed by atoms with Gasteiger partial charge in [0.05, 0.1) is 0 Å². The van der Waals surface area contributed by atoms with E-state index in [-0.39, 0.29) is 0 Å². The van der Waals surface area contributed by atoms with Crippen molar-refractivity contribution in [3.63, 3.8) is 0 Å². The Kier molecular flexibility index (Phi) is 2.94. The Labute approximate surface area is 69.5 Å². The number of rotatable bonds is 1. The van der Waals surface area contributed by atoms with Gasteiger partial charge in [0.1, 0.15) is 0 Å². The molecule has 0 saturated heterocycles. The monoisotopic (exact) mass is 214 g/mol. The minimum Gasteiger partial charge on any atom is -0.169 e. The number of hydrogen-bond acceptors (Lipinski definition) is 0. The molecular weight excluding hydrogens is 209 g/mol. The topological polar surface area (TPSA) is 0 Å². The van der Waals surface area contributed by atoms with Gasteiger partial charge in [-0.1, -0.05) is 18.5 Å². The van der Waals surface area contributed by atoms with Crippen LogP contribution in [0.1, 0.15) is 13.3 Å². The first-order valence-electron chi connectivity index (χ1n) is 2.88. The van der Waals surface area contributed by atoms with Gasteiger partial charge in [0, 0.05) is 0 Å². The molecule has 0 amide bonds. The van der Waals surface area contributed by atoms with Gasteiger partial charge in [0.2, 0.25) is 4.87 Å². The summed E-state index contributed by atoms with van der Waals surface area (Å²) in [4.78, 5) is -4.11. The second-order valence-corrected chi connectivity index (χ2v) is 2.80. The summed E-state index contributed by atoms with van der Waals surface area (Å²) in [6.07, 6.45) is -12.2. The van der Waals surface area contributed by atoms with Gasteiger partial charge in [-0.25, -0.2) is 0 Å². The zero-order chi connectivity index (χ0) is 10.2. The van der Waals surface area contributed by atoms with Crippen LogP contribution in [0, 0.1) is 0 Å². The lowest BCUT2D eigenvalue weighted by Crippen LogP contribution is -2.51. The van der Waals surface area contributed by atoms with Crippen LogP contribution in [0.2, 0.25) is 0 Å². The molecule has 0 atom stereocenters. The first-order chi connectivity index (χ1) is 5.06. The lowest BCUT2D eigenvalue weighted by atomic mass is 10.1. The van der Waals surface area contributed by atoms with Crippen molar-refractivity contribution in [2.75, 3.05) is 0 Å². The minimum atomic E-state index is -5.47. The largest absolute Gasteiger partial charge is 0.416 e. The SMILES string of the molecule is CCC(Cl)(C(F)(F)F)C(F)(F)F. The smallest absolute Gasteiger partial charge is 0.169 e. The third-order valence-electron chi connectivity index (χ3n) is 1.39. The zero-order valence-electron chi connectivity index (χ0n) is 5.85. The van der Waals surface area contributed by atoms with Gasteiger partial charge in [-0.05, 0) is 6.42 Å². The Bertz CT molecular complexity index is 142. The lowest BCUT2D eigenvalue weighted by molar-refractivity contribution is -0.268. The molecule has 0 fully saturated rings. The molecule has 0 N–H and O–H groups in total. The van der Waals surface area contributed by atoms with Gasteiger partial charge in [-0.15, -0.1) is 0 Å². The Morgan fingerprint density at radius 1 is 0.917 bits per heavy atom. The van der Waals surface area contributed by atoms with Gasteiger partial charge in [-0.2, -0.15) is 26.3 Å². The summed E-state index contributed by atoms with van der Waals surface area (Å²) < 4.78 is 70.5. The van der Waals surface area contributed by atoms with E-state index in [0.717, 1.165) is 6.92 Å². The van der Waals surface area contributed by atoms with Crippen LogP contribution in [0.25, 0.3) is 0 Å². The van der Waals surface area contributed by atoms with Crippen LogP contribution in [0.3, 0.4) is 0 Å². The van der Waals surface area contributed by atoms with Crippen LogP contribution in [0.4, 0.5) is 26.3 Å². The van der Waals surface area contributed by atoms with Crippen LogP contribution in [0.5, 0.6) is 0 Å². The molecule has 0 spiro atoms. The summed E-state index contributed by atoms with van der Waals surface area (Å²) in [5, 5.41) is 0. The summed E-state index contributed by atoms with van der Waals surface area (Å²) >= 11 is 4.43. The molecule has 0 aromatic rings. The maximum absolute atomic E-state index is 11.7. The standard InChI is InChI=1S/C5H5ClF6/c1-2-3(6,4(7,8)9)5(10,11)12/h2H2,1H3. The van der Waals surface area contributed by atoms with E-state index in [1.54, 1.807) is 0 Å². The van der Waals surface area contributed by atoms with E-state index in [2.05, 4.69) is 11.6 Å². The molecule has 0 radical (unpaired) electrons. The second-order valence-electron chi connectivity index (χ2n) is 2.15. The highest BCUT2D eigenvalue weighted by Crippen LogP contribution is 2.49. The summed E-state index contributed by atoms with van der Waals surface area (Å²) in [6.45, 7) is 0.730. The van der Waals surface area contributed by atoms with E-state index in [0.29, 0.717) is 0 Å². The first-order valence-corrected chi connectivity index (χ1v) is 3.26. The zero-order valence-corrected chi connectivity index (χ0v) is 6.61. The Morgan fingerprint density at radius 3 is 1.17 bits per heavy atom.